The van der Waals surface area contributed by atoms with Gasteiger partial charge in [-0.15, -0.1) is 0 Å². The van der Waals surface area contributed by atoms with Gasteiger partial charge in [0.05, 0.1) is 10.5 Å². The van der Waals surface area contributed by atoms with E-state index >= 15 is 0 Å². The molecule has 0 aliphatic carbocycles. The molecule has 0 bridgehead atoms. The first kappa shape index (κ1) is 11.9. The lowest BCUT2D eigenvalue weighted by molar-refractivity contribution is -0.385. The average Bonchev–Trinajstić information content (AvgIpc) is 2.38. The number of nitro benzene ring substituents is 1. The fourth-order valence-electron chi connectivity index (χ4n) is 1.61. The summed E-state index contributed by atoms with van der Waals surface area (Å²) < 4.78 is 0. The lowest BCUT2D eigenvalue weighted by Crippen LogP contribution is -1.93. The summed E-state index contributed by atoms with van der Waals surface area (Å²) in [5.41, 5.74) is 7.48. The molecule has 0 heterocycles. The Morgan fingerprint density at radius 1 is 1.06 bits per heavy atom. The van der Waals surface area contributed by atoms with E-state index in [4.69, 9.17) is 5.73 Å². The molecule has 2 aromatic rings. The number of anilines is 1. The van der Waals surface area contributed by atoms with Crippen molar-refractivity contribution in [1.29, 1.82) is 0 Å². The van der Waals surface area contributed by atoms with Gasteiger partial charge in [-0.25, -0.2) is 0 Å². The second-order valence-electron chi connectivity index (χ2n) is 3.82. The topological polar surface area (TPSA) is 69.2 Å². The summed E-state index contributed by atoms with van der Waals surface area (Å²) in [5.74, 6) is 0. The summed E-state index contributed by atoms with van der Waals surface area (Å²) in [6.07, 6.45) is 3.55. The summed E-state index contributed by atoms with van der Waals surface area (Å²) in [7, 11) is 0. The van der Waals surface area contributed by atoms with Crippen molar-refractivity contribution in [2.45, 2.75) is 0 Å². The third-order valence-electron chi connectivity index (χ3n) is 2.51. The molecule has 2 N–H and O–H groups in total. The maximum atomic E-state index is 10.9. The minimum Gasteiger partial charge on any atom is -0.399 e. The molecule has 0 aliphatic heterocycles. The van der Waals surface area contributed by atoms with Gasteiger partial charge in [-0.05, 0) is 23.8 Å². The summed E-state index contributed by atoms with van der Waals surface area (Å²) in [6, 6.07) is 14.3. The van der Waals surface area contributed by atoms with Crippen LogP contribution in [0.25, 0.3) is 12.2 Å². The van der Waals surface area contributed by atoms with Crippen LogP contribution in [0.3, 0.4) is 0 Å². The van der Waals surface area contributed by atoms with Gasteiger partial charge in [-0.1, -0.05) is 36.4 Å². The van der Waals surface area contributed by atoms with Gasteiger partial charge in [0, 0.05) is 11.8 Å². The van der Waals surface area contributed by atoms with Crippen molar-refractivity contribution in [2.75, 3.05) is 5.73 Å². The number of benzene rings is 2. The third-order valence-corrected chi connectivity index (χ3v) is 2.51. The SMILES string of the molecule is Nc1ccc(C=Cc2ccccc2)c([N+](=O)[O-])c1. The molecule has 0 saturated carbocycles. The summed E-state index contributed by atoms with van der Waals surface area (Å²) in [5, 5.41) is 10.9. The molecule has 0 spiro atoms. The fraction of sp³-hybridized carbons (Fsp3) is 0. The van der Waals surface area contributed by atoms with Crippen LogP contribution < -0.4 is 5.73 Å². The van der Waals surface area contributed by atoms with E-state index in [0.717, 1.165) is 5.56 Å². The molecule has 0 aliphatic rings. The number of hydrogen-bond donors (Lipinski definition) is 1. The maximum Gasteiger partial charge on any atom is 0.278 e. The van der Waals surface area contributed by atoms with Crippen molar-refractivity contribution in [2.24, 2.45) is 0 Å². The van der Waals surface area contributed by atoms with E-state index < -0.39 is 4.92 Å². The first-order valence-corrected chi connectivity index (χ1v) is 5.44. The number of nitrogen functional groups attached to an aromatic ring is 1. The smallest absolute Gasteiger partial charge is 0.278 e. The van der Waals surface area contributed by atoms with Gasteiger partial charge in [-0.3, -0.25) is 10.1 Å². The van der Waals surface area contributed by atoms with E-state index in [1.807, 2.05) is 36.4 Å². The molecule has 4 heteroatoms. The zero-order chi connectivity index (χ0) is 13.0. The highest BCUT2D eigenvalue weighted by molar-refractivity contribution is 5.75. The van der Waals surface area contributed by atoms with Gasteiger partial charge < -0.3 is 5.73 Å². The molecule has 0 aromatic heterocycles. The van der Waals surface area contributed by atoms with Gasteiger partial charge in [0.15, 0.2) is 0 Å². The van der Waals surface area contributed by atoms with E-state index in [9.17, 15) is 10.1 Å². The van der Waals surface area contributed by atoms with Gasteiger partial charge >= 0.3 is 0 Å². The molecule has 2 rings (SSSR count). The highest BCUT2D eigenvalue weighted by Crippen LogP contribution is 2.23. The van der Waals surface area contributed by atoms with Crippen LogP contribution in [0.15, 0.2) is 48.5 Å². The monoisotopic (exact) mass is 240 g/mol. The van der Waals surface area contributed by atoms with Crippen LogP contribution in [-0.4, -0.2) is 4.92 Å². The van der Waals surface area contributed by atoms with E-state index in [2.05, 4.69) is 0 Å². The van der Waals surface area contributed by atoms with E-state index in [-0.39, 0.29) is 5.69 Å². The molecule has 0 saturated heterocycles. The Morgan fingerprint density at radius 2 is 1.78 bits per heavy atom. The zero-order valence-electron chi connectivity index (χ0n) is 9.61. The Hall–Kier alpha value is -2.62. The molecule has 0 fully saturated rings. The Kier molecular flexibility index (Phi) is 3.38. The Balaban J connectivity index is 2.35. The second-order valence-corrected chi connectivity index (χ2v) is 3.82. The number of nitrogens with two attached hydrogens (primary N) is 1. The van der Waals surface area contributed by atoms with Gasteiger partial charge in [-0.2, -0.15) is 0 Å². The summed E-state index contributed by atoms with van der Waals surface area (Å²) in [6.45, 7) is 0. The Bertz CT molecular complexity index is 592. The van der Waals surface area contributed by atoms with Crippen molar-refractivity contribution < 1.29 is 4.92 Å². The molecule has 0 atom stereocenters. The highest BCUT2D eigenvalue weighted by Gasteiger charge is 2.11. The first-order chi connectivity index (χ1) is 8.66. The van der Waals surface area contributed by atoms with Crippen LogP contribution >= 0.6 is 0 Å². The van der Waals surface area contributed by atoms with Crippen LogP contribution in [-0.2, 0) is 0 Å². The Labute approximate surface area is 105 Å². The van der Waals surface area contributed by atoms with Crippen LogP contribution in [0.1, 0.15) is 11.1 Å². The van der Waals surface area contributed by atoms with Gasteiger partial charge in [0.1, 0.15) is 0 Å². The Morgan fingerprint density at radius 3 is 2.44 bits per heavy atom. The predicted molar refractivity (Wildman–Crippen MR) is 72.9 cm³/mol. The van der Waals surface area contributed by atoms with E-state index in [1.165, 1.54) is 6.07 Å². The van der Waals surface area contributed by atoms with Crippen LogP contribution in [0.4, 0.5) is 11.4 Å². The number of rotatable bonds is 3. The fourth-order valence-corrected chi connectivity index (χ4v) is 1.61. The molecule has 0 unspecified atom stereocenters. The summed E-state index contributed by atoms with van der Waals surface area (Å²) in [4.78, 5) is 10.5. The molecule has 0 radical (unpaired) electrons. The summed E-state index contributed by atoms with van der Waals surface area (Å²) >= 11 is 0. The lowest BCUT2D eigenvalue weighted by Gasteiger charge is -1.99. The first-order valence-electron chi connectivity index (χ1n) is 5.44. The molecule has 90 valence electrons. The minimum atomic E-state index is -0.430. The van der Waals surface area contributed by atoms with E-state index in [0.29, 0.717) is 11.3 Å². The van der Waals surface area contributed by atoms with Crippen LogP contribution in [0.2, 0.25) is 0 Å². The van der Waals surface area contributed by atoms with E-state index in [1.54, 1.807) is 18.2 Å². The number of hydrogen-bond acceptors (Lipinski definition) is 3. The van der Waals surface area contributed by atoms with Crippen LogP contribution in [0.5, 0.6) is 0 Å². The standard InChI is InChI=1S/C14H12N2O2/c15-13-9-8-12(14(10-13)16(17)18)7-6-11-4-2-1-3-5-11/h1-10H,15H2. The molecule has 0 amide bonds. The molecular weight excluding hydrogens is 228 g/mol. The van der Waals surface area contributed by atoms with Crippen molar-refractivity contribution in [3.63, 3.8) is 0 Å². The molecule has 4 nitrogen and oxygen atoms in total. The number of nitro groups is 1. The quantitative estimate of drug-likeness (QED) is 0.387. The van der Waals surface area contributed by atoms with Crippen LogP contribution in [0, 0.1) is 10.1 Å². The molecule has 2 aromatic carbocycles. The predicted octanol–water partition coefficient (Wildman–Crippen LogP) is 3.35. The average molecular weight is 240 g/mol. The minimum absolute atomic E-state index is 0.0159. The van der Waals surface area contributed by atoms with Gasteiger partial charge in [0.2, 0.25) is 0 Å². The van der Waals surface area contributed by atoms with Crippen molar-refractivity contribution in [3.05, 3.63) is 69.8 Å². The highest BCUT2D eigenvalue weighted by atomic mass is 16.6. The number of nitrogens with zero attached hydrogens (tertiary/aromatic N) is 1. The molecule has 18 heavy (non-hydrogen) atoms. The third kappa shape index (κ3) is 2.74. The largest absolute Gasteiger partial charge is 0.399 e. The second kappa shape index (κ2) is 5.14. The zero-order valence-corrected chi connectivity index (χ0v) is 9.61. The van der Waals surface area contributed by atoms with Crippen molar-refractivity contribution in [1.82, 2.24) is 0 Å². The van der Waals surface area contributed by atoms with Crippen molar-refractivity contribution >= 4 is 23.5 Å². The lowest BCUT2D eigenvalue weighted by atomic mass is 10.1. The molecular formula is C14H12N2O2. The van der Waals surface area contributed by atoms with Crippen molar-refractivity contribution in [3.8, 4) is 0 Å². The maximum absolute atomic E-state index is 10.9. The van der Waals surface area contributed by atoms with Gasteiger partial charge in [0.25, 0.3) is 5.69 Å². The normalized spacial score (nSPS) is 10.7.